The third-order valence-electron chi connectivity index (χ3n) is 4.32. The Bertz CT molecular complexity index is 840. The van der Waals surface area contributed by atoms with Gasteiger partial charge in [0.2, 0.25) is 5.95 Å². The lowest BCUT2D eigenvalue weighted by Crippen LogP contribution is -2.30. The van der Waals surface area contributed by atoms with Gasteiger partial charge in [0.1, 0.15) is 5.82 Å². The van der Waals surface area contributed by atoms with E-state index in [0.717, 1.165) is 17.1 Å². The molecule has 0 bridgehead atoms. The molecule has 3 N–H and O–H groups in total. The second-order valence-electron chi connectivity index (χ2n) is 6.72. The fourth-order valence-electron chi connectivity index (χ4n) is 2.64. The van der Waals surface area contributed by atoms with Gasteiger partial charge in [-0.25, -0.2) is 4.98 Å². The minimum atomic E-state index is -0.115. The summed E-state index contributed by atoms with van der Waals surface area (Å²) in [4.78, 5) is 13.4. The Balaban J connectivity index is 1.88. The Hall–Kier alpha value is -2.99. The maximum atomic E-state index is 9.62. The first-order valence-corrected chi connectivity index (χ1v) is 9.10. The monoisotopic (exact) mass is 363 g/mol. The van der Waals surface area contributed by atoms with E-state index in [1.54, 1.807) is 12.4 Å². The van der Waals surface area contributed by atoms with Gasteiger partial charge in [-0.1, -0.05) is 44.2 Å². The molecule has 27 heavy (non-hydrogen) atoms. The molecule has 2 heterocycles. The molecule has 1 atom stereocenters. The van der Waals surface area contributed by atoms with Crippen LogP contribution in [0.1, 0.15) is 19.4 Å². The maximum absolute atomic E-state index is 9.62. The Morgan fingerprint density at radius 2 is 1.85 bits per heavy atom. The zero-order valence-electron chi connectivity index (χ0n) is 15.6. The number of benzene rings is 1. The summed E-state index contributed by atoms with van der Waals surface area (Å²) in [5, 5.41) is 16.2. The van der Waals surface area contributed by atoms with Crippen molar-refractivity contribution in [3.05, 3.63) is 66.5 Å². The van der Waals surface area contributed by atoms with E-state index in [4.69, 9.17) is 0 Å². The Labute approximate surface area is 159 Å². The minimum absolute atomic E-state index is 0.0188. The largest absolute Gasteiger partial charge is 0.394 e. The van der Waals surface area contributed by atoms with E-state index < -0.39 is 0 Å². The summed E-state index contributed by atoms with van der Waals surface area (Å²) in [6.45, 7) is 4.78. The summed E-state index contributed by atoms with van der Waals surface area (Å²) >= 11 is 0. The van der Waals surface area contributed by atoms with E-state index in [0.29, 0.717) is 12.5 Å². The molecular weight excluding hydrogens is 338 g/mol. The highest BCUT2D eigenvalue weighted by atomic mass is 16.3. The number of hydrogen-bond acceptors (Lipinski definition) is 6. The van der Waals surface area contributed by atoms with Crippen molar-refractivity contribution in [3.8, 4) is 11.3 Å². The van der Waals surface area contributed by atoms with Gasteiger partial charge in [-0.3, -0.25) is 4.98 Å². The van der Waals surface area contributed by atoms with E-state index >= 15 is 0 Å². The minimum Gasteiger partial charge on any atom is -0.394 e. The molecule has 0 amide bonds. The van der Waals surface area contributed by atoms with E-state index in [9.17, 15) is 5.11 Å². The van der Waals surface area contributed by atoms with Gasteiger partial charge >= 0.3 is 0 Å². The first kappa shape index (κ1) is 18.8. The molecule has 0 fully saturated rings. The lowest BCUT2D eigenvalue weighted by Gasteiger charge is -2.20. The number of aliphatic hydroxyl groups excluding tert-OH is 1. The second kappa shape index (κ2) is 9.09. The number of nitrogens with one attached hydrogen (secondary N) is 2. The van der Waals surface area contributed by atoms with E-state index in [1.165, 1.54) is 5.56 Å². The summed E-state index contributed by atoms with van der Waals surface area (Å²) in [7, 11) is 0. The van der Waals surface area contributed by atoms with Gasteiger partial charge in [0, 0.05) is 30.6 Å². The fourth-order valence-corrected chi connectivity index (χ4v) is 2.64. The first-order chi connectivity index (χ1) is 13.2. The number of anilines is 2. The Morgan fingerprint density at radius 3 is 2.52 bits per heavy atom. The van der Waals surface area contributed by atoms with Gasteiger partial charge < -0.3 is 15.7 Å². The smallest absolute Gasteiger partial charge is 0.225 e. The lowest BCUT2D eigenvalue weighted by atomic mass is 10.1. The summed E-state index contributed by atoms with van der Waals surface area (Å²) in [6, 6.07) is 15.8. The van der Waals surface area contributed by atoms with Crippen molar-refractivity contribution in [2.45, 2.75) is 26.4 Å². The third kappa shape index (κ3) is 5.24. The van der Waals surface area contributed by atoms with Crippen LogP contribution < -0.4 is 10.6 Å². The maximum Gasteiger partial charge on any atom is 0.225 e. The van der Waals surface area contributed by atoms with Gasteiger partial charge in [0.25, 0.3) is 0 Å². The molecule has 3 aromatic rings. The molecule has 0 unspecified atom stereocenters. The Kier molecular flexibility index (Phi) is 6.33. The van der Waals surface area contributed by atoms with Crippen molar-refractivity contribution in [1.29, 1.82) is 0 Å². The standard InChI is InChI=1S/C21H25N5O/c1-15(2)19(14-27)25-21-24-18(17-9-6-10-22-13-17)11-20(26-21)23-12-16-7-4-3-5-8-16/h3-11,13,15,19,27H,12,14H2,1-2H3,(H2,23,24,25,26)/t19-/m1/s1. The molecule has 0 radical (unpaired) electrons. The predicted octanol–water partition coefficient (Wildman–Crippen LogP) is 3.58. The van der Waals surface area contributed by atoms with Gasteiger partial charge in [0.05, 0.1) is 18.3 Å². The van der Waals surface area contributed by atoms with Crippen LogP contribution in [-0.2, 0) is 6.54 Å². The zero-order valence-corrected chi connectivity index (χ0v) is 15.6. The second-order valence-corrected chi connectivity index (χ2v) is 6.72. The summed E-state index contributed by atoms with van der Waals surface area (Å²) < 4.78 is 0. The number of aromatic nitrogens is 3. The van der Waals surface area contributed by atoms with Crippen LogP contribution in [0.5, 0.6) is 0 Å². The first-order valence-electron chi connectivity index (χ1n) is 9.10. The van der Waals surface area contributed by atoms with Gasteiger partial charge in [0.15, 0.2) is 0 Å². The van der Waals surface area contributed by atoms with E-state index in [1.807, 2.05) is 50.2 Å². The van der Waals surface area contributed by atoms with Crippen molar-refractivity contribution in [3.63, 3.8) is 0 Å². The van der Waals surface area contributed by atoms with Crippen LogP contribution >= 0.6 is 0 Å². The van der Waals surface area contributed by atoms with Crippen LogP contribution in [0.4, 0.5) is 11.8 Å². The van der Waals surface area contributed by atoms with Crippen LogP contribution in [0.25, 0.3) is 11.3 Å². The molecule has 6 heteroatoms. The Morgan fingerprint density at radius 1 is 1.04 bits per heavy atom. The van der Waals surface area contributed by atoms with Crippen LogP contribution in [0.15, 0.2) is 60.9 Å². The van der Waals surface area contributed by atoms with Gasteiger partial charge in [-0.15, -0.1) is 0 Å². The van der Waals surface area contributed by atoms with Crippen LogP contribution in [-0.4, -0.2) is 32.7 Å². The molecule has 1 aromatic carbocycles. The van der Waals surface area contributed by atoms with Gasteiger partial charge in [-0.05, 0) is 23.6 Å². The third-order valence-corrected chi connectivity index (χ3v) is 4.32. The molecular formula is C21H25N5O. The molecule has 2 aromatic heterocycles. The van der Waals surface area contributed by atoms with E-state index in [2.05, 4.69) is 37.7 Å². The highest BCUT2D eigenvalue weighted by Gasteiger charge is 2.15. The highest BCUT2D eigenvalue weighted by Crippen LogP contribution is 2.22. The quantitative estimate of drug-likeness (QED) is 0.567. The normalized spacial score (nSPS) is 12.0. The molecule has 0 saturated carbocycles. The molecule has 0 saturated heterocycles. The van der Waals surface area contributed by atoms with Crippen LogP contribution in [0.3, 0.4) is 0 Å². The average molecular weight is 363 g/mol. The highest BCUT2D eigenvalue weighted by molar-refractivity contribution is 5.63. The molecule has 0 aliphatic rings. The number of aliphatic hydroxyl groups is 1. The molecule has 0 aliphatic heterocycles. The zero-order chi connectivity index (χ0) is 19.1. The number of rotatable bonds is 8. The summed E-state index contributed by atoms with van der Waals surface area (Å²) in [5.74, 6) is 1.46. The average Bonchev–Trinajstić information content (AvgIpc) is 2.71. The van der Waals surface area contributed by atoms with Crippen molar-refractivity contribution < 1.29 is 5.11 Å². The molecule has 0 aliphatic carbocycles. The molecule has 140 valence electrons. The van der Waals surface area contributed by atoms with Crippen molar-refractivity contribution in [2.75, 3.05) is 17.2 Å². The SMILES string of the molecule is CC(C)[C@@H](CO)Nc1nc(NCc2ccccc2)cc(-c2cccnc2)n1. The number of hydrogen-bond donors (Lipinski definition) is 3. The predicted molar refractivity (Wildman–Crippen MR) is 108 cm³/mol. The molecule has 0 spiro atoms. The van der Waals surface area contributed by atoms with Crippen molar-refractivity contribution in [2.24, 2.45) is 5.92 Å². The van der Waals surface area contributed by atoms with E-state index in [-0.39, 0.29) is 18.6 Å². The summed E-state index contributed by atoms with van der Waals surface area (Å²) in [5.41, 5.74) is 2.86. The summed E-state index contributed by atoms with van der Waals surface area (Å²) in [6.07, 6.45) is 3.51. The van der Waals surface area contributed by atoms with Crippen molar-refractivity contribution in [1.82, 2.24) is 15.0 Å². The van der Waals surface area contributed by atoms with Crippen molar-refractivity contribution >= 4 is 11.8 Å². The van der Waals surface area contributed by atoms with Crippen LogP contribution in [0.2, 0.25) is 0 Å². The van der Waals surface area contributed by atoms with Crippen LogP contribution in [0, 0.1) is 5.92 Å². The lowest BCUT2D eigenvalue weighted by molar-refractivity contribution is 0.248. The molecule has 6 nitrogen and oxygen atoms in total. The fraction of sp³-hybridized carbons (Fsp3) is 0.286. The topological polar surface area (TPSA) is 83.0 Å². The number of nitrogens with zero attached hydrogens (tertiary/aromatic N) is 3. The number of pyridine rings is 1. The molecule has 3 rings (SSSR count). The van der Waals surface area contributed by atoms with Gasteiger partial charge in [-0.2, -0.15) is 4.98 Å².